The number of hydrogen-bond donors (Lipinski definition) is 3. The quantitative estimate of drug-likeness (QED) is 0.204. The van der Waals surface area contributed by atoms with Gasteiger partial charge in [0.2, 0.25) is 5.91 Å². The van der Waals surface area contributed by atoms with E-state index in [1.54, 1.807) is 18.4 Å². The first kappa shape index (κ1) is 24.1. The van der Waals surface area contributed by atoms with E-state index < -0.39 is 0 Å². The minimum absolute atomic E-state index is 0. The van der Waals surface area contributed by atoms with Gasteiger partial charge in [0.15, 0.2) is 5.96 Å². The molecule has 1 fully saturated rings. The van der Waals surface area contributed by atoms with E-state index in [1.807, 2.05) is 6.20 Å². The molecule has 27 heavy (non-hydrogen) atoms. The molecule has 1 aromatic heterocycles. The van der Waals surface area contributed by atoms with Gasteiger partial charge in [0.05, 0.1) is 10.9 Å². The molecule has 1 aromatic rings. The molecule has 1 amide bonds. The van der Waals surface area contributed by atoms with Gasteiger partial charge in [-0.15, -0.1) is 35.3 Å². The fourth-order valence-electron chi connectivity index (χ4n) is 3.14. The fourth-order valence-corrected chi connectivity index (χ4v) is 4.00. The minimum Gasteiger partial charge on any atom is -0.369 e. The van der Waals surface area contributed by atoms with Gasteiger partial charge >= 0.3 is 0 Å². The van der Waals surface area contributed by atoms with Crippen molar-refractivity contribution in [2.45, 2.75) is 39.0 Å². The number of halogens is 1. The Hall–Kier alpha value is -0.940. The van der Waals surface area contributed by atoms with E-state index in [1.165, 1.54) is 9.88 Å². The molecule has 1 aliphatic rings. The van der Waals surface area contributed by atoms with Gasteiger partial charge in [-0.25, -0.2) is 4.98 Å². The van der Waals surface area contributed by atoms with Crippen LogP contribution in [0.1, 0.15) is 36.1 Å². The van der Waals surface area contributed by atoms with Gasteiger partial charge in [0.1, 0.15) is 0 Å². The lowest BCUT2D eigenvalue weighted by Crippen LogP contribution is -2.43. The molecule has 0 bridgehead atoms. The Bertz CT molecular complexity index is 594. The van der Waals surface area contributed by atoms with E-state index in [0.29, 0.717) is 0 Å². The maximum absolute atomic E-state index is 11.3. The van der Waals surface area contributed by atoms with E-state index >= 15 is 0 Å². The van der Waals surface area contributed by atoms with E-state index in [0.717, 1.165) is 70.8 Å². The van der Waals surface area contributed by atoms with Crippen LogP contribution in [0.4, 0.5) is 0 Å². The number of guanidine groups is 1. The Labute approximate surface area is 183 Å². The predicted octanol–water partition coefficient (Wildman–Crippen LogP) is 1.62. The molecule has 1 unspecified atom stereocenters. The smallest absolute Gasteiger partial charge is 0.221 e. The van der Waals surface area contributed by atoms with Crippen molar-refractivity contribution < 1.29 is 4.79 Å². The average molecular weight is 508 g/mol. The SMILES string of the molecule is CCc1cnc(CCNC(=NC)NCCCN2CCCC(C(N)=O)C2)s1.I. The molecule has 1 atom stereocenters. The number of likely N-dealkylation sites (tertiary alicyclic amines) is 1. The Morgan fingerprint density at radius 3 is 2.89 bits per heavy atom. The summed E-state index contributed by atoms with van der Waals surface area (Å²) in [7, 11) is 1.79. The summed E-state index contributed by atoms with van der Waals surface area (Å²) in [6.45, 7) is 6.67. The van der Waals surface area contributed by atoms with Crippen LogP contribution in [0.3, 0.4) is 0 Å². The number of carbonyl (C=O) groups is 1. The number of aliphatic imine (C=N–C) groups is 1. The van der Waals surface area contributed by atoms with Crippen molar-refractivity contribution in [1.82, 2.24) is 20.5 Å². The number of amides is 1. The summed E-state index contributed by atoms with van der Waals surface area (Å²) in [5.41, 5.74) is 5.43. The molecule has 4 N–H and O–H groups in total. The van der Waals surface area contributed by atoms with Crippen molar-refractivity contribution in [3.8, 4) is 0 Å². The van der Waals surface area contributed by atoms with Crippen molar-refractivity contribution >= 4 is 47.2 Å². The zero-order chi connectivity index (χ0) is 18.8. The van der Waals surface area contributed by atoms with Crippen LogP contribution in [-0.2, 0) is 17.6 Å². The number of carbonyl (C=O) groups excluding carboxylic acids is 1. The standard InChI is InChI=1S/C18H32N6OS.HI/c1-3-15-12-23-16(26-15)7-9-22-18(20-2)21-8-5-11-24-10-4-6-14(13-24)17(19)25;/h12,14H,3-11,13H2,1-2H3,(H2,19,25)(H2,20,21,22);1H. The zero-order valence-electron chi connectivity index (χ0n) is 16.4. The summed E-state index contributed by atoms with van der Waals surface area (Å²) < 4.78 is 0. The predicted molar refractivity (Wildman–Crippen MR) is 123 cm³/mol. The monoisotopic (exact) mass is 508 g/mol. The molecule has 0 radical (unpaired) electrons. The number of nitrogens with zero attached hydrogens (tertiary/aromatic N) is 3. The van der Waals surface area contributed by atoms with Gasteiger partial charge in [-0.3, -0.25) is 9.79 Å². The zero-order valence-corrected chi connectivity index (χ0v) is 19.5. The number of piperidine rings is 1. The van der Waals surface area contributed by atoms with E-state index in [-0.39, 0.29) is 35.8 Å². The summed E-state index contributed by atoms with van der Waals surface area (Å²) in [6, 6.07) is 0. The Morgan fingerprint density at radius 1 is 1.44 bits per heavy atom. The maximum Gasteiger partial charge on any atom is 0.221 e. The van der Waals surface area contributed by atoms with Crippen LogP contribution in [0, 0.1) is 5.92 Å². The molecule has 154 valence electrons. The summed E-state index contributed by atoms with van der Waals surface area (Å²) in [6.07, 6.45) is 6.93. The summed E-state index contributed by atoms with van der Waals surface area (Å²) in [5.74, 6) is 0.680. The normalized spacial score (nSPS) is 18.0. The van der Waals surface area contributed by atoms with Crippen LogP contribution < -0.4 is 16.4 Å². The summed E-state index contributed by atoms with van der Waals surface area (Å²) >= 11 is 1.78. The van der Waals surface area contributed by atoms with Gasteiger partial charge in [-0.1, -0.05) is 6.92 Å². The molecule has 0 spiro atoms. The Balaban J connectivity index is 0.00000364. The highest BCUT2D eigenvalue weighted by Crippen LogP contribution is 2.16. The van der Waals surface area contributed by atoms with Gasteiger partial charge in [0, 0.05) is 44.2 Å². The number of primary amides is 1. The second-order valence-corrected chi connectivity index (χ2v) is 7.85. The third kappa shape index (κ3) is 8.73. The Morgan fingerprint density at radius 2 is 2.22 bits per heavy atom. The first-order valence-electron chi connectivity index (χ1n) is 9.52. The largest absolute Gasteiger partial charge is 0.369 e. The van der Waals surface area contributed by atoms with Gasteiger partial charge in [0.25, 0.3) is 0 Å². The summed E-state index contributed by atoms with van der Waals surface area (Å²) in [5, 5.41) is 7.85. The Kier molecular flexibility index (Phi) is 11.8. The molecule has 7 nitrogen and oxygen atoms in total. The first-order chi connectivity index (χ1) is 12.6. The van der Waals surface area contributed by atoms with E-state index in [4.69, 9.17) is 5.73 Å². The number of aromatic nitrogens is 1. The molecule has 0 aromatic carbocycles. The first-order valence-corrected chi connectivity index (χ1v) is 10.3. The third-order valence-electron chi connectivity index (χ3n) is 4.66. The maximum atomic E-state index is 11.3. The second-order valence-electron chi connectivity index (χ2n) is 6.65. The highest BCUT2D eigenvalue weighted by molar-refractivity contribution is 14.0. The highest BCUT2D eigenvalue weighted by atomic mass is 127. The van der Waals surface area contributed by atoms with Crippen LogP contribution in [0.25, 0.3) is 0 Å². The number of aryl methyl sites for hydroxylation is 1. The number of rotatable bonds is 9. The molecule has 0 aliphatic carbocycles. The fraction of sp³-hybridized carbons (Fsp3) is 0.722. The molecular weight excluding hydrogens is 475 g/mol. The van der Waals surface area contributed by atoms with Crippen molar-refractivity contribution in [3.05, 3.63) is 16.1 Å². The minimum atomic E-state index is -0.163. The number of hydrogen-bond acceptors (Lipinski definition) is 5. The van der Waals surface area contributed by atoms with Crippen molar-refractivity contribution in [2.24, 2.45) is 16.6 Å². The molecule has 2 heterocycles. The van der Waals surface area contributed by atoms with Crippen molar-refractivity contribution in [3.63, 3.8) is 0 Å². The lowest BCUT2D eigenvalue weighted by atomic mass is 9.97. The topological polar surface area (TPSA) is 95.6 Å². The molecule has 1 aliphatic heterocycles. The van der Waals surface area contributed by atoms with Gasteiger partial charge < -0.3 is 21.3 Å². The third-order valence-corrected chi connectivity index (χ3v) is 5.86. The van der Waals surface area contributed by atoms with Gasteiger partial charge in [-0.2, -0.15) is 0 Å². The highest BCUT2D eigenvalue weighted by Gasteiger charge is 2.23. The van der Waals surface area contributed by atoms with E-state index in [9.17, 15) is 4.79 Å². The lowest BCUT2D eigenvalue weighted by molar-refractivity contribution is -0.123. The van der Waals surface area contributed by atoms with Crippen LogP contribution in [-0.4, -0.2) is 61.5 Å². The number of nitrogens with two attached hydrogens (primary N) is 1. The molecule has 0 saturated carbocycles. The van der Waals surface area contributed by atoms with Crippen molar-refractivity contribution in [1.29, 1.82) is 0 Å². The molecular formula is C18H33IN6OS. The van der Waals surface area contributed by atoms with E-state index in [2.05, 4.69) is 32.4 Å². The molecule has 1 saturated heterocycles. The molecule has 2 rings (SSSR count). The second kappa shape index (κ2) is 13.3. The van der Waals surface area contributed by atoms with Crippen LogP contribution in [0.15, 0.2) is 11.2 Å². The van der Waals surface area contributed by atoms with Crippen LogP contribution in [0.2, 0.25) is 0 Å². The van der Waals surface area contributed by atoms with Crippen LogP contribution >= 0.6 is 35.3 Å². The number of nitrogens with one attached hydrogen (secondary N) is 2. The average Bonchev–Trinajstić information content (AvgIpc) is 3.12. The van der Waals surface area contributed by atoms with Crippen molar-refractivity contribution in [2.75, 3.05) is 39.8 Å². The van der Waals surface area contributed by atoms with Crippen LogP contribution in [0.5, 0.6) is 0 Å². The summed E-state index contributed by atoms with van der Waals surface area (Å²) in [4.78, 5) is 23.7. The number of thiazole rings is 1. The lowest BCUT2D eigenvalue weighted by Gasteiger charge is -2.31. The van der Waals surface area contributed by atoms with Gasteiger partial charge in [-0.05, 0) is 38.8 Å². The molecule has 9 heteroatoms.